The Morgan fingerprint density at radius 3 is 2.21 bits per heavy atom. The molecule has 0 unspecified atom stereocenters. The molecule has 0 saturated carbocycles. The van der Waals surface area contributed by atoms with E-state index < -0.39 is 0 Å². The first-order valence-electron chi connectivity index (χ1n) is 4.61. The van der Waals surface area contributed by atoms with Gasteiger partial charge in [-0.25, -0.2) is 0 Å². The summed E-state index contributed by atoms with van der Waals surface area (Å²) in [5.74, 6) is 0. The van der Waals surface area contributed by atoms with Crippen molar-refractivity contribution >= 4 is 0 Å². The highest BCUT2D eigenvalue weighted by atomic mass is 35.5. The molecule has 0 aliphatic rings. The second kappa shape index (κ2) is 6.02. The van der Waals surface area contributed by atoms with Gasteiger partial charge in [-0.3, -0.25) is 0 Å². The van der Waals surface area contributed by atoms with Gasteiger partial charge in [0.25, 0.3) is 0 Å². The van der Waals surface area contributed by atoms with E-state index in [0.717, 1.165) is 17.6 Å². The second-order valence-corrected chi connectivity index (χ2v) is 4.03. The van der Waals surface area contributed by atoms with E-state index in [0.29, 0.717) is 0 Å². The van der Waals surface area contributed by atoms with Gasteiger partial charge in [0, 0.05) is 5.56 Å². The molecule has 0 atom stereocenters. The number of halogens is 1. The summed E-state index contributed by atoms with van der Waals surface area (Å²) >= 11 is 0. The predicted molar refractivity (Wildman–Crippen MR) is 54.2 cm³/mol. The lowest BCUT2D eigenvalue weighted by atomic mass is 10.2. The molecule has 14 heavy (non-hydrogen) atoms. The van der Waals surface area contributed by atoms with Crippen LogP contribution in [0.5, 0.6) is 0 Å². The van der Waals surface area contributed by atoms with Crippen LogP contribution in [0.2, 0.25) is 0 Å². The SMILES string of the molecule is C[N+](C)(CCO)Cc1ccccc1.[Cl-]. The first kappa shape index (κ1) is 13.4. The van der Waals surface area contributed by atoms with E-state index in [1.807, 2.05) is 18.2 Å². The third-order valence-corrected chi connectivity index (χ3v) is 2.16. The summed E-state index contributed by atoms with van der Waals surface area (Å²) in [5.41, 5.74) is 1.32. The van der Waals surface area contributed by atoms with Crippen molar-refractivity contribution in [3.63, 3.8) is 0 Å². The molecule has 2 nitrogen and oxygen atoms in total. The minimum atomic E-state index is 0. The molecule has 0 heterocycles. The maximum atomic E-state index is 8.86. The van der Waals surface area contributed by atoms with Crippen LogP contribution < -0.4 is 12.4 Å². The minimum absolute atomic E-state index is 0. The standard InChI is InChI=1S/C11H18NO.ClH/c1-12(2,8-9-13)10-11-6-4-3-5-7-11;/h3-7,13H,8-10H2,1-2H3;1H/q+1;/p-1. The summed E-state index contributed by atoms with van der Waals surface area (Å²) in [7, 11) is 4.26. The van der Waals surface area contributed by atoms with Gasteiger partial charge in [-0.05, 0) is 0 Å². The largest absolute Gasteiger partial charge is 1.00 e. The molecule has 3 heteroatoms. The molecule has 0 aliphatic heterocycles. The summed E-state index contributed by atoms with van der Waals surface area (Å²) in [6.07, 6.45) is 0. The van der Waals surface area contributed by atoms with Crippen LogP contribution >= 0.6 is 0 Å². The maximum Gasteiger partial charge on any atom is 0.104 e. The number of nitrogens with zero attached hydrogens (tertiary/aromatic N) is 1. The van der Waals surface area contributed by atoms with Gasteiger partial charge in [0.2, 0.25) is 0 Å². The van der Waals surface area contributed by atoms with Crippen LogP contribution in [0.3, 0.4) is 0 Å². The number of hydrogen-bond donors (Lipinski definition) is 1. The minimum Gasteiger partial charge on any atom is -1.00 e. The summed E-state index contributed by atoms with van der Waals surface area (Å²) in [5, 5.41) is 8.86. The van der Waals surface area contributed by atoms with E-state index in [9.17, 15) is 0 Å². The summed E-state index contributed by atoms with van der Waals surface area (Å²) in [4.78, 5) is 0. The molecular formula is C11H18ClNO. The molecule has 0 spiro atoms. The monoisotopic (exact) mass is 215 g/mol. The quantitative estimate of drug-likeness (QED) is 0.592. The number of hydrogen-bond acceptors (Lipinski definition) is 1. The van der Waals surface area contributed by atoms with Crippen LogP contribution in [0, 0.1) is 0 Å². The molecule has 80 valence electrons. The number of aliphatic hydroxyl groups is 1. The van der Waals surface area contributed by atoms with E-state index in [4.69, 9.17) is 5.11 Å². The van der Waals surface area contributed by atoms with Crippen LogP contribution in [-0.2, 0) is 6.54 Å². The van der Waals surface area contributed by atoms with Crippen molar-refractivity contribution in [3.8, 4) is 0 Å². The first-order valence-corrected chi connectivity index (χ1v) is 4.61. The van der Waals surface area contributed by atoms with Crippen LogP contribution in [0.25, 0.3) is 0 Å². The molecular weight excluding hydrogens is 198 g/mol. The van der Waals surface area contributed by atoms with Gasteiger partial charge in [0.05, 0.1) is 20.7 Å². The van der Waals surface area contributed by atoms with E-state index in [2.05, 4.69) is 26.2 Å². The lowest BCUT2D eigenvalue weighted by Gasteiger charge is -2.28. The van der Waals surface area contributed by atoms with Gasteiger partial charge < -0.3 is 22.0 Å². The Labute approximate surface area is 92.2 Å². The number of quaternary nitrogens is 1. The summed E-state index contributed by atoms with van der Waals surface area (Å²) < 4.78 is 0.834. The molecule has 0 saturated heterocycles. The number of rotatable bonds is 4. The molecule has 0 radical (unpaired) electrons. The third kappa shape index (κ3) is 4.61. The lowest BCUT2D eigenvalue weighted by Crippen LogP contribution is -3.00. The van der Waals surface area contributed by atoms with Gasteiger partial charge in [-0.2, -0.15) is 0 Å². The van der Waals surface area contributed by atoms with Crippen molar-refractivity contribution in [2.24, 2.45) is 0 Å². The molecule has 0 aliphatic carbocycles. The summed E-state index contributed by atoms with van der Waals surface area (Å²) in [6, 6.07) is 10.4. The van der Waals surface area contributed by atoms with Crippen molar-refractivity contribution in [3.05, 3.63) is 35.9 Å². The molecule has 1 rings (SSSR count). The third-order valence-electron chi connectivity index (χ3n) is 2.16. The molecule has 0 bridgehead atoms. The number of benzene rings is 1. The zero-order valence-electron chi connectivity index (χ0n) is 8.78. The molecule has 0 amide bonds. The Hall–Kier alpha value is -0.570. The smallest absolute Gasteiger partial charge is 0.104 e. The number of likely N-dealkylation sites (N-methyl/N-ethyl adjacent to an activating group) is 1. The molecule has 1 N–H and O–H groups in total. The fraction of sp³-hybridized carbons (Fsp3) is 0.455. The van der Waals surface area contributed by atoms with Crippen LogP contribution in [0.1, 0.15) is 5.56 Å². The van der Waals surface area contributed by atoms with Gasteiger partial charge >= 0.3 is 0 Å². The van der Waals surface area contributed by atoms with Gasteiger partial charge in [-0.1, -0.05) is 30.3 Å². The zero-order chi connectivity index (χ0) is 9.73. The summed E-state index contributed by atoms with van der Waals surface area (Å²) in [6.45, 7) is 2.02. The van der Waals surface area contributed by atoms with E-state index >= 15 is 0 Å². The molecule has 1 aromatic carbocycles. The Kier molecular flexibility index (Phi) is 5.77. The van der Waals surface area contributed by atoms with Crippen LogP contribution in [0.15, 0.2) is 30.3 Å². The highest BCUT2D eigenvalue weighted by Gasteiger charge is 2.13. The van der Waals surface area contributed by atoms with Crippen molar-refractivity contribution in [1.82, 2.24) is 0 Å². The topological polar surface area (TPSA) is 20.2 Å². The second-order valence-electron chi connectivity index (χ2n) is 4.03. The van der Waals surface area contributed by atoms with E-state index in [1.165, 1.54) is 5.56 Å². The fourth-order valence-electron chi connectivity index (χ4n) is 1.43. The van der Waals surface area contributed by atoms with Gasteiger partial charge in [0.15, 0.2) is 0 Å². The Balaban J connectivity index is 0.00000169. The van der Waals surface area contributed by atoms with E-state index in [1.54, 1.807) is 0 Å². The predicted octanol–water partition coefficient (Wildman–Crippen LogP) is -1.74. The van der Waals surface area contributed by atoms with Crippen LogP contribution in [-0.4, -0.2) is 36.8 Å². The normalized spacial score (nSPS) is 10.8. The van der Waals surface area contributed by atoms with Gasteiger partial charge in [0.1, 0.15) is 13.1 Å². The molecule has 0 aromatic heterocycles. The first-order chi connectivity index (χ1) is 6.14. The zero-order valence-corrected chi connectivity index (χ0v) is 9.54. The Morgan fingerprint density at radius 1 is 1.14 bits per heavy atom. The van der Waals surface area contributed by atoms with Crippen LogP contribution in [0.4, 0.5) is 0 Å². The average Bonchev–Trinajstić information content (AvgIpc) is 2.04. The Bertz CT molecular complexity index is 249. The highest BCUT2D eigenvalue weighted by molar-refractivity contribution is 5.13. The van der Waals surface area contributed by atoms with Crippen molar-refractivity contribution < 1.29 is 22.0 Å². The maximum absolute atomic E-state index is 8.86. The Morgan fingerprint density at radius 2 is 1.71 bits per heavy atom. The number of aliphatic hydroxyl groups excluding tert-OH is 1. The van der Waals surface area contributed by atoms with E-state index in [-0.39, 0.29) is 19.0 Å². The lowest BCUT2D eigenvalue weighted by molar-refractivity contribution is -0.903. The van der Waals surface area contributed by atoms with Crippen molar-refractivity contribution in [2.45, 2.75) is 6.54 Å². The van der Waals surface area contributed by atoms with Crippen molar-refractivity contribution in [1.29, 1.82) is 0 Å². The highest BCUT2D eigenvalue weighted by Crippen LogP contribution is 2.07. The fourth-order valence-corrected chi connectivity index (χ4v) is 1.43. The van der Waals surface area contributed by atoms with Gasteiger partial charge in [-0.15, -0.1) is 0 Å². The molecule has 0 fully saturated rings. The van der Waals surface area contributed by atoms with Crippen molar-refractivity contribution in [2.75, 3.05) is 27.2 Å². The molecule has 1 aromatic rings. The average molecular weight is 216 g/mol.